The highest BCUT2D eigenvalue weighted by atomic mass is 35.5. The lowest BCUT2D eigenvalue weighted by Crippen LogP contribution is -2.36. The molecule has 0 saturated carbocycles. The van der Waals surface area contributed by atoms with Gasteiger partial charge in [-0.05, 0) is 54.8 Å². The summed E-state index contributed by atoms with van der Waals surface area (Å²) >= 11 is 5.88. The van der Waals surface area contributed by atoms with Crippen molar-refractivity contribution in [3.63, 3.8) is 0 Å². The minimum atomic E-state index is -0.877. The Labute approximate surface area is 163 Å². The van der Waals surface area contributed by atoms with Crippen LogP contribution in [0, 0.1) is 0 Å². The summed E-state index contributed by atoms with van der Waals surface area (Å²) in [6.45, 7) is 1.99. The molecule has 142 valence electrons. The van der Waals surface area contributed by atoms with Gasteiger partial charge >= 0.3 is 5.97 Å². The molecule has 0 aromatic heterocycles. The van der Waals surface area contributed by atoms with E-state index in [1.54, 1.807) is 31.4 Å². The lowest BCUT2D eigenvalue weighted by atomic mass is 10.1. The fourth-order valence-corrected chi connectivity index (χ4v) is 2.51. The minimum Gasteiger partial charge on any atom is -0.497 e. The van der Waals surface area contributed by atoms with Crippen LogP contribution in [0.15, 0.2) is 54.6 Å². The van der Waals surface area contributed by atoms with Crippen LogP contribution < -0.4 is 10.1 Å². The molecule has 2 rings (SSSR count). The van der Waals surface area contributed by atoms with E-state index in [0.29, 0.717) is 18.0 Å². The van der Waals surface area contributed by atoms with Gasteiger partial charge in [0.05, 0.1) is 7.11 Å². The molecule has 0 aliphatic heterocycles. The van der Waals surface area contributed by atoms with E-state index < -0.39 is 12.1 Å². The van der Waals surface area contributed by atoms with Crippen LogP contribution in [0.1, 0.15) is 18.1 Å². The second kappa shape index (κ2) is 10.4. The molecule has 1 atom stereocenters. The van der Waals surface area contributed by atoms with Crippen molar-refractivity contribution >= 4 is 29.6 Å². The van der Waals surface area contributed by atoms with Gasteiger partial charge in [0.2, 0.25) is 0 Å². The Balaban J connectivity index is 1.74. The Hall–Kier alpha value is -2.79. The Kier molecular flexibility index (Phi) is 7.89. The molecule has 0 radical (unpaired) electrons. The van der Waals surface area contributed by atoms with E-state index >= 15 is 0 Å². The van der Waals surface area contributed by atoms with Crippen molar-refractivity contribution in [2.75, 3.05) is 13.7 Å². The van der Waals surface area contributed by atoms with E-state index in [4.69, 9.17) is 21.1 Å². The van der Waals surface area contributed by atoms with Gasteiger partial charge in [-0.3, -0.25) is 4.79 Å². The van der Waals surface area contributed by atoms with Gasteiger partial charge in [-0.2, -0.15) is 0 Å². The molecule has 0 heterocycles. The Morgan fingerprint density at radius 2 is 1.93 bits per heavy atom. The molecule has 2 aromatic carbocycles. The first-order chi connectivity index (χ1) is 13.0. The van der Waals surface area contributed by atoms with Crippen molar-refractivity contribution in [3.05, 3.63) is 70.8 Å². The van der Waals surface area contributed by atoms with Crippen molar-refractivity contribution in [3.8, 4) is 5.75 Å². The van der Waals surface area contributed by atoms with Crippen molar-refractivity contribution in [2.24, 2.45) is 0 Å². The van der Waals surface area contributed by atoms with E-state index in [-0.39, 0.29) is 5.91 Å². The van der Waals surface area contributed by atoms with Crippen molar-refractivity contribution in [2.45, 2.75) is 19.4 Å². The molecule has 0 bridgehead atoms. The molecule has 0 saturated heterocycles. The van der Waals surface area contributed by atoms with Crippen LogP contribution in [0.3, 0.4) is 0 Å². The van der Waals surface area contributed by atoms with Crippen LogP contribution in [0.5, 0.6) is 5.75 Å². The molecular formula is C21H22ClNO4. The maximum Gasteiger partial charge on any atom is 0.331 e. The molecule has 6 heteroatoms. The molecule has 0 aliphatic rings. The Morgan fingerprint density at radius 3 is 2.59 bits per heavy atom. The summed E-state index contributed by atoms with van der Waals surface area (Å²) in [4.78, 5) is 23.9. The number of rotatable bonds is 8. The molecule has 0 aliphatic carbocycles. The van der Waals surface area contributed by atoms with Crippen LogP contribution in [0.2, 0.25) is 5.02 Å². The SMILES string of the molecule is COc1ccc(CCNC(=O)C(C)OC(=O)/C=C/c2cccc(Cl)c2)cc1. The summed E-state index contributed by atoms with van der Waals surface area (Å²) < 4.78 is 10.2. The maximum absolute atomic E-state index is 12.0. The molecule has 0 spiro atoms. The summed E-state index contributed by atoms with van der Waals surface area (Å²) in [5.41, 5.74) is 1.85. The first-order valence-electron chi connectivity index (χ1n) is 8.53. The third-order valence-electron chi connectivity index (χ3n) is 3.79. The van der Waals surface area contributed by atoms with Gasteiger partial charge in [0, 0.05) is 17.6 Å². The smallest absolute Gasteiger partial charge is 0.331 e. The number of carbonyl (C=O) groups excluding carboxylic acids is 2. The first-order valence-corrected chi connectivity index (χ1v) is 8.90. The molecule has 1 unspecified atom stereocenters. The second-order valence-corrected chi connectivity index (χ2v) is 6.29. The van der Waals surface area contributed by atoms with E-state index in [0.717, 1.165) is 16.9 Å². The number of ether oxygens (including phenoxy) is 2. The van der Waals surface area contributed by atoms with Gasteiger partial charge in [0.1, 0.15) is 5.75 Å². The fourth-order valence-electron chi connectivity index (χ4n) is 2.31. The number of carbonyl (C=O) groups is 2. The number of halogens is 1. The van der Waals surface area contributed by atoms with Crippen LogP contribution in [0.4, 0.5) is 0 Å². The van der Waals surface area contributed by atoms with Gasteiger partial charge in [-0.25, -0.2) is 4.79 Å². The Bertz CT molecular complexity index is 802. The predicted molar refractivity (Wildman–Crippen MR) is 106 cm³/mol. The monoisotopic (exact) mass is 387 g/mol. The standard InChI is InChI=1S/C21H22ClNO4/c1-15(27-20(24)11-8-17-4-3-5-18(22)14-17)21(25)23-13-12-16-6-9-19(26-2)10-7-16/h3-11,14-15H,12-13H2,1-2H3,(H,23,25)/b11-8+. The van der Waals surface area contributed by atoms with Gasteiger partial charge in [-0.1, -0.05) is 35.9 Å². The summed E-state index contributed by atoms with van der Waals surface area (Å²) in [5, 5.41) is 3.34. The third-order valence-corrected chi connectivity index (χ3v) is 4.03. The maximum atomic E-state index is 12.0. The van der Waals surface area contributed by atoms with Crippen molar-refractivity contribution < 1.29 is 19.1 Å². The largest absolute Gasteiger partial charge is 0.497 e. The Morgan fingerprint density at radius 1 is 1.19 bits per heavy atom. The number of nitrogens with one attached hydrogen (secondary N) is 1. The molecule has 27 heavy (non-hydrogen) atoms. The van der Waals surface area contributed by atoms with Gasteiger partial charge in [-0.15, -0.1) is 0 Å². The first kappa shape index (κ1) is 20.5. The lowest BCUT2D eigenvalue weighted by molar-refractivity contribution is -0.150. The van der Waals surface area contributed by atoms with E-state index in [2.05, 4.69) is 5.32 Å². The molecular weight excluding hydrogens is 366 g/mol. The van der Waals surface area contributed by atoms with Crippen LogP contribution >= 0.6 is 11.6 Å². The third kappa shape index (κ3) is 7.15. The highest BCUT2D eigenvalue weighted by Crippen LogP contribution is 2.12. The summed E-state index contributed by atoms with van der Waals surface area (Å²) in [5.74, 6) is -0.144. The van der Waals surface area contributed by atoms with Crippen LogP contribution in [-0.2, 0) is 20.7 Å². The fraction of sp³-hybridized carbons (Fsp3) is 0.238. The summed E-state index contributed by atoms with van der Waals surface area (Å²) in [7, 11) is 1.61. The summed E-state index contributed by atoms with van der Waals surface area (Å²) in [6.07, 6.45) is 2.65. The molecule has 1 N–H and O–H groups in total. The average Bonchev–Trinajstić information content (AvgIpc) is 2.67. The lowest BCUT2D eigenvalue weighted by Gasteiger charge is -2.12. The highest BCUT2D eigenvalue weighted by Gasteiger charge is 2.15. The molecule has 1 amide bonds. The zero-order valence-electron chi connectivity index (χ0n) is 15.3. The minimum absolute atomic E-state index is 0.340. The normalized spacial score (nSPS) is 11.8. The van der Waals surface area contributed by atoms with E-state index in [1.807, 2.05) is 30.3 Å². The number of hydrogen-bond acceptors (Lipinski definition) is 4. The van der Waals surface area contributed by atoms with Crippen LogP contribution in [-0.4, -0.2) is 31.6 Å². The summed E-state index contributed by atoms with van der Waals surface area (Å²) in [6, 6.07) is 14.7. The second-order valence-electron chi connectivity index (χ2n) is 5.86. The number of amides is 1. The highest BCUT2D eigenvalue weighted by molar-refractivity contribution is 6.30. The van der Waals surface area contributed by atoms with Gasteiger partial charge in [0.15, 0.2) is 6.10 Å². The number of benzene rings is 2. The quantitative estimate of drug-likeness (QED) is 0.554. The van der Waals surface area contributed by atoms with Crippen LogP contribution in [0.25, 0.3) is 6.08 Å². The van der Waals surface area contributed by atoms with Crippen molar-refractivity contribution in [1.82, 2.24) is 5.32 Å². The van der Waals surface area contributed by atoms with E-state index in [9.17, 15) is 9.59 Å². The number of methoxy groups -OCH3 is 1. The predicted octanol–water partition coefficient (Wildman–Crippen LogP) is 3.65. The topological polar surface area (TPSA) is 64.6 Å². The van der Waals surface area contributed by atoms with Crippen molar-refractivity contribution in [1.29, 1.82) is 0 Å². The van der Waals surface area contributed by atoms with Gasteiger partial charge < -0.3 is 14.8 Å². The van der Waals surface area contributed by atoms with E-state index in [1.165, 1.54) is 13.0 Å². The average molecular weight is 388 g/mol. The zero-order valence-corrected chi connectivity index (χ0v) is 16.0. The number of hydrogen-bond donors (Lipinski definition) is 1. The molecule has 2 aromatic rings. The zero-order chi connectivity index (χ0) is 19.6. The molecule has 0 fully saturated rings. The number of esters is 1. The van der Waals surface area contributed by atoms with Gasteiger partial charge in [0.25, 0.3) is 5.91 Å². The molecule has 5 nitrogen and oxygen atoms in total.